The molecule has 0 radical (unpaired) electrons. The Hall–Kier alpha value is -1.84. The molecule has 4 heteroatoms. The van der Waals surface area contributed by atoms with Crippen LogP contribution in [0.4, 0.5) is 5.69 Å². The summed E-state index contributed by atoms with van der Waals surface area (Å²) in [4.78, 5) is 12.3. The van der Waals surface area contributed by atoms with Crippen LogP contribution in [0.3, 0.4) is 0 Å². The van der Waals surface area contributed by atoms with E-state index in [0.717, 1.165) is 24.1 Å². The average Bonchev–Trinajstić information content (AvgIpc) is 3.21. The number of benzene rings is 2. The van der Waals surface area contributed by atoms with Crippen molar-refractivity contribution < 1.29 is 4.79 Å². The number of amides is 1. The number of nitrogens with one attached hydrogen (secondary N) is 1. The van der Waals surface area contributed by atoms with Crippen molar-refractivity contribution in [2.75, 3.05) is 5.32 Å². The molecule has 0 spiro atoms. The molecule has 0 aliphatic heterocycles. The predicted molar refractivity (Wildman–Crippen MR) is 92.7 cm³/mol. The molecule has 0 saturated heterocycles. The molecule has 2 aromatic rings. The quantitative estimate of drug-likeness (QED) is 0.897. The molecule has 22 heavy (non-hydrogen) atoms. The molecule has 116 valence electrons. The standard InChI is InChI=1S/C18H20N2O.ClH/c1-2-18(19)12-15(18)14-10-6-7-11-16(14)20-17(21)13-8-4-3-5-9-13;/h3-11,15H,2,12,19H2,1H3,(H,20,21);1H. The maximum atomic E-state index is 12.3. The van der Waals surface area contributed by atoms with Crippen molar-refractivity contribution >= 4 is 24.0 Å². The zero-order valence-corrected chi connectivity index (χ0v) is 13.4. The van der Waals surface area contributed by atoms with E-state index in [2.05, 4.69) is 18.3 Å². The number of nitrogens with two attached hydrogens (primary N) is 1. The van der Waals surface area contributed by atoms with Crippen molar-refractivity contribution in [3.05, 3.63) is 65.7 Å². The Morgan fingerprint density at radius 2 is 1.82 bits per heavy atom. The highest BCUT2D eigenvalue weighted by atomic mass is 35.5. The highest BCUT2D eigenvalue weighted by Gasteiger charge is 2.50. The van der Waals surface area contributed by atoms with E-state index in [1.54, 1.807) is 0 Å². The van der Waals surface area contributed by atoms with Gasteiger partial charge in [-0.15, -0.1) is 12.4 Å². The molecule has 1 fully saturated rings. The van der Waals surface area contributed by atoms with Crippen molar-refractivity contribution in [2.24, 2.45) is 5.73 Å². The number of carbonyl (C=O) groups is 1. The Bertz CT molecular complexity index is 659. The summed E-state index contributed by atoms with van der Waals surface area (Å²) in [6.45, 7) is 2.12. The molecule has 1 saturated carbocycles. The summed E-state index contributed by atoms with van der Waals surface area (Å²) in [5, 5.41) is 3.02. The molecular weight excluding hydrogens is 296 g/mol. The van der Waals surface area contributed by atoms with Gasteiger partial charge in [-0.05, 0) is 36.6 Å². The lowest BCUT2D eigenvalue weighted by molar-refractivity contribution is 0.102. The minimum absolute atomic E-state index is 0. The van der Waals surface area contributed by atoms with E-state index in [1.165, 1.54) is 0 Å². The van der Waals surface area contributed by atoms with Crippen LogP contribution in [0.25, 0.3) is 0 Å². The van der Waals surface area contributed by atoms with E-state index < -0.39 is 0 Å². The number of hydrogen-bond acceptors (Lipinski definition) is 2. The molecule has 1 aliphatic carbocycles. The fourth-order valence-electron chi connectivity index (χ4n) is 2.83. The van der Waals surface area contributed by atoms with Gasteiger partial charge >= 0.3 is 0 Å². The fourth-order valence-corrected chi connectivity index (χ4v) is 2.83. The van der Waals surface area contributed by atoms with Crippen molar-refractivity contribution in [1.29, 1.82) is 0 Å². The summed E-state index contributed by atoms with van der Waals surface area (Å²) >= 11 is 0. The van der Waals surface area contributed by atoms with E-state index in [9.17, 15) is 4.79 Å². The number of carbonyl (C=O) groups excluding carboxylic acids is 1. The third kappa shape index (κ3) is 3.16. The summed E-state index contributed by atoms with van der Waals surface area (Å²) in [5.41, 5.74) is 8.90. The number of hydrogen-bond donors (Lipinski definition) is 2. The van der Waals surface area contributed by atoms with Crippen LogP contribution in [-0.2, 0) is 0 Å². The summed E-state index contributed by atoms with van der Waals surface area (Å²) in [6.07, 6.45) is 1.94. The number of para-hydroxylation sites is 1. The molecule has 2 aromatic carbocycles. The van der Waals surface area contributed by atoms with Gasteiger partial charge in [-0.3, -0.25) is 4.79 Å². The Labute approximate surface area is 137 Å². The second-order valence-corrected chi connectivity index (χ2v) is 5.75. The molecule has 2 atom stereocenters. The molecule has 3 nitrogen and oxygen atoms in total. The first kappa shape index (κ1) is 16.5. The normalized spacial score (nSPS) is 22.5. The van der Waals surface area contributed by atoms with Crippen LogP contribution in [0.2, 0.25) is 0 Å². The summed E-state index contributed by atoms with van der Waals surface area (Å²) < 4.78 is 0. The lowest BCUT2D eigenvalue weighted by Crippen LogP contribution is -2.23. The van der Waals surface area contributed by atoms with Crippen molar-refractivity contribution in [1.82, 2.24) is 0 Å². The van der Waals surface area contributed by atoms with Crippen LogP contribution >= 0.6 is 12.4 Å². The van der Waals surface area contributed by atoms with Gasteiger partial charge in [0.1, 0.15) is 0 Å². The maximum Gasteiger partial charge on any atom is 0.255 e. The lowest BCUT2D eigenvalue weighted by atomic mass is 10.0. The summed E-state index contributed by atoms with van der Waals surface area (Å²) in [5.74, 6) is 0.262. The Morgan fingerprint density at radius 3 is 2.45 bits per heavy atom. The van der Waals surface area contributed by atoms with Gasteiger partial charge in [0.25, 0.3) is 5.91 Å². The third-order valence-electron chi connectivity index (χ3n) is 4.40. The number of anilines is 1. The second kappa shape index (κ2) is 6.51. The SMILES string of the molecule is CCC1(N)CC1c1ccccc1NC(=O)c1ccccc1.Cl. The van der Waals surface area contributed by atoms with Gasteiger partial charge in [-0.1, -0.05) is 43.3 Å². The van der Waals surface area contributed by atoms with Crippen LogP contribution in [0.1, 0.15) is 41.6 Å². The smallest absolute Gasteiger partial charge is 0.255 e. The van der Waals surface area contributed by atoms with Gasteiger partial charge in [-0.25, -0.2) is 0 Å². The zero-order valence-electron chi connectivity index (χ0n) is 12.6. The van der Waals surface area contributed by atoms with E-state index in [1.807, 2.05) is 48.5 Å². The van der Waals surface area contributed by atoms with Crippen molar-refractivity contribution in [3.8, 4) is 0 Å². The van der Waals surface area contributed by atoms with Crippen molar-refractivity contribution in [2.45, 2.75) is 31.2 Å². The molecule has 0 bridgehead atoms. The van der Waals surface area contributed by atoms with Crippen LogP contribution in [0.15, 0.2) is 54.6 Å². The van der Waals surface area contributed by atoms with Gasteiger partial charge in [0.05, 0.1) is 0 Å². The number of rotatable bonds is 4. The molecule has 3 N–H and O–H groups in total. The van der Waals surface area contributed by atoms with Gasteiger partial charge in [-0.2, -0.15) is 0 Å². The second-order valence-electron chi connectivity index (χ2n) is 5.75. The molecule has 1 aliphatic rings. The molecular formula is C18H21ClN2O. The van der Waals surface area contributed by atoms with E-state index >= 15 is 0 Å². The minimum Gasteiger partial charge on any atom is -0.325 e. The molecule has 0 aromatic heterocycles. The van der Waals surface area contributed by atoms with Gasteiger partial charge in [0.15, 0.2) is 0 Å². The summed E-state index contributed by atoms with van der Waals surface area (Å²) in [6, 6.07) is 17.2. The van der Waals surface area contributed by atoms with E-state index in [0.29, 0.717) is 11.5 Å². The largest absolute Gasteiger partial charge is 0.325 e. The molecule has 3 rings (SSSR count). The van der Waals surface area contributed by atoms with Crippen LogP contribution < -0.4 is 11.1 Å². The van der Waals surface area contributed by atoms with E-state index in [4.69, 9.17) is 5.73 Å². The van der Waals surface area contributed by atoms with Crippen molar-refractivity contribution in [3.63, 3.8) is 0 Å². The van der Waals surface area contributed by atoms with Gasteiger partial charge in [0, 0.05) is 22.7 Å². The zero-order chi connectivity index (χ0) is 14.9. The predicted octanol–water partition coefficient (Wildman–Crippen LogP) is 3.96. The Morgan fingerprint density at radius 1 is 1.18 bits per heavy atom. The minimum atomic E-state index is -0.104. The molecule has 0 heterocycles. The monoisotopic (exact) mass is 316 g/mol. The Kier molecular flexibility index (Phi) is 4.89. The van der Waals surface area contributed by atoms with Gasteiger partial charge in [0.2, 0.25) is 0 Å². The maximum absolute atomic E-state index is 12.3. The van der Waals surface area contributed by atoms with Crippen LogP contribution in [0.5, 0.6) is 0 Å². The Balaban J connectivity index is 0.00000176. The lowest BCUT2D eigenvalue weighted by Gasteiger charge is -2.13. The first-order valence-corrected chi connectivity index (χ1v) is 7.38. The summed E-state index contributed by atoms with van der Waals surface area (Å²) in [7, 11) is 0. The van der Waals surface area contributed by atoms with Gasteiger partial charge < -0.3 is 11.1 Å². The average molecular weight is 317 g/mol. The van der Waals surface area contributed by atoms with E-state index in [-0.39, 0.29) is 23.9 Å². The highest BCUT2D eigenvalue weighted by Crippen LogP contribution is 2.53. The highest BCUT2D eigenvalue weighted by molar-refractivity contribution is 6.04. The number of halogens is 1. The van der Waals surface area contributed by atoms with Crippen LogP contribution in [-0.4, -0.2) is 11.4 Å². The first-order valence-electron chi connectivity index (χ1n) is 7.38. The molecule has 1 amide bonds. The van der Waals surface area contributed by atoms with Crippen LogP contribution in [0, 0.1) is 0 Å². The fraction of sp³-hybridized carbons (Fsp3) is 0.278. The molecule has 2 unspecified atom stereocenters. The topological polar surface area (TPSA) is 55.1 Å². The third-order valence-corrected chi connectivity index (χ3v) is 4.40. The first-order chi connectivity index (χ1) is 10.1.